The fourth-order valence-electron chi connectivity index (χ4n) is 12.7. The zero-order valence-electron chi connectivity index (χ0n) is 28.6. The minimum absolute atomic E-state index is 0.139. The van der Waals surface area contributed by atoms with Crippen LogP contribution < -0.4 is 0 Å². The number of carbonyl (C=O) groups is 1. The second-order valence-corrected chi connectivity index (χ2v) is 17.9. The van der Waals surface area contributed by atoms with Gasteiger partial charge in [0.2, 0.25) is 0 Å². The summed E-state index contributed by atoms with van der Waals surface area (Å²) in [6.45, 7) is 14.6. The number of aliphatic hydroxyl groups excluding tert-OH is 5. The quantitative estimate of drug-likeness (QED) is 0.152. The normalized spacial score (nSPS) is 57.6. The van der Waals surface area contributed by atoms with Crippen molar-refractivity contribution in [3.63, 3.8) is 0 Å². The molecule has 7 fully saturated rings. The first-order valence-corrected chi connectivity index (χ1v) is 17.6. The molecule has 4 saturated carbocycles. The molecule has 0 aromatic heterocycles. The Morgan fingerprint density at radius 3 is 2.15 bits per heavy atom. The summed E-state index contributed by atoms with van der Waals surface area (Å²) in [5.41, 5.74) is -2.68. The molecule has 5 aliphatic carbocycles. The monoisotopic (exact) mass is 648 g/mol. The van der Waals surface area contributed by atoms with Crippen LogP contribution in [0.1, 0.15) is 106 Å². The predicted octanol–water partition coefficient (Wildman–Crippen LogP) is 2.74. The van der Waals surface area contributed by atoms with Gasteiger partial charge in [0.05, 0.1) is 24.2 Å². The Labute approximate surface area is 272 Å². The van der Waals surface area contributed by atoms with Crippen molar-refractivity contribution in [2.45, 2.75) is 160 Å². The average molecular weight is 649 g/mol. The highest BCUT2D eigenvalue weighted by atomic mass is 16.7. The van der Waals surface area contributed by atoms with E-state index in [0.717, 1.165) is 36.8 Å². The van der Waals surface area contributed by atoms with E-state index in [1.165, 1.54) is 0 Å². The van der Waals surface area contributed by atoms with Crippen LogP contribution in [0.3, 0.4) is 0 Å². The molecule has 1 unspecified atom stereocenters. The van der Waals surface area contributed by atoms with Crippen molar-refractivity contribution in [2.24, 2.45) is 38.9 Å². The molecule has 0 radical (unpaired) electrons. The first-order valence-electron chi connectivity index (χ1n) is 17.6. The Balaban J connectivity index is 1.23. The van der Waals surface area contributed by atoms with E-state index in [-0.39, 0.29) is 40.2 Å². The molecular formula is C36H56O10. The number of ether oxygens (including phenoxy) is 3. The van der Waals surface area contributed by atoms with E-state index in [9.17, 15) is 35.4 Å². The molecule has 3 aliphatic heterocycles. The van der Waals surface area contributed by atoms with Crippen LogP contribution >= 0.6 is 0 Å². The molecule has 0 aromatic rings. The van der Waals surface area contributed by atoms with Crippen molar-refractivity contribution in [2.75, 3.05) is 6.61 Å². The highest BCUT2D eigenvalue weighted by Crippen LogP contribution is 2.77. The summed E-state index contributed by atoms with van der Waals surface area (Å²) >= 11 is 0. The summed E-state index contributed by atoms with van der Waals surface area (Å²) < 4.78 is 18.1. The van der Waals surface area contributed by atoms with E-state index in [1.54, 1.807) is 6.92 Å². The molecule has 3 saturated heterocycles. The molecule has 0 aromatic carbocycles. The Morgan fingerprint density at radius 2 is 1.50 bits per heavy atom. The van der Waals surface area contributed by atoms with Crippen LogP contribution in [0.5, 0.6) is 0 Å². The number of carbonyl (C=O) groups excluding carboxylic acids is 1. The first kappa shape index (κ1) is 33.4. The van der Waals surface area contributed by atoms with Crippen LogP contribution in [0.15, 0.2) is 11.1 Å². The summed E-state index contributed by atoms with van der Waals surface area (Å²) in [6.07, 6.45) is -1.10. The zero-order valence-corrected chi connectivity index (χ0v) is 28.6. The lowest BCUT2D eigenvalue weighted by atomic mass is 9.33. The van der Waals surface area contributed by atoms with Crippen LogP contribution in [0, 0.1) is 38.9 Å². The third kappa shape index (κ3) is 3.85. The standard InChI is InChI=1S/C36H56O10/c1-30(2)20-8-11-32(4)21(31(20,3)10-9-22(30)45-28-26(41)25(40)24(39)19(17-37)44-28)16-18(38)23-27-35(7,43)34(6)13-15-36(27,29(42)46-34)14-12-33(23,32)5/h18-22,24-26,28,37-41,43H,8-17H2,1-7H3/t18-,19-,20+,21-,22+,24-,25+,26-,28+,31+,32-,33-,34+,35+,36?/m1/s1. The maximum Gasteiger partial charge on any atom is 0.317 e. The van der Waals surface area contributed by atoms with E-state index >= 15 is 0 Å². The summed E-state index contributed by atoms with van der Waals surface area (Å²) in [7, 11) is 0. The van der Waals surface area contributed by atoms with Gasteiger partial charge in [-0.3, -0.25) is 4.79 Å². The molecule has 3 heterocycles. The number of hydrogen-bond acceptors (Lipinski definition) is 10. The van der Waals surface area contributed by atoms with Gasteiger partial charge in [-0.2, -0.15) is 0 Å². The highest BCUT2D eigenvalue weighted by Gasteiger charge is 2.75. The molecule has 10 nitrogen and oxygen atoms in total. The van der Waals surface area contributed by atoms with E-state index in [1.807, 2.05) is 6.92 Å². The minimum atomic E-state index is -1.49. The van der Waals surface area contributed by atoms with E-state index < -0.39 is 65.4 Å². The number of hydrogen-bond donors (Lipinski definition) is 6. The lowest BCUT2D eigenvalue weighted by Crippen LogP contribution is -2.72. The maximum absolute atomic E-state index is 13.6. The molecule has 8 aliphatic rings. The van der Waals surface area contributed by atoms with Gasteiger partial charge in [0.15, 0.2) is 6.29 Å². The van der Waals surface area contributed by atoms with Crippen molar-refractivity contribution >= 4 is 5.97 Å². The van der Waals surface area contributed by atoms with Crippen LogP contribution in [0.25, 0.3) is 0 Å². The number of aliphatic hydroxyl groups is 6. The first-order chi connectivity index (χ1) is 21.2. The van der Waals surface area contributed by atoms with Gasteiger partial charge < -0.3 is 44.8 Å². The van der Waals surface area contributed by atoms with E-state index in [2.05, 4.69) is 34.6 Å². The smallest absolute Gasteiger partial charge is 0.317 e. The molecular weight excluding hydrogens is 592 g/mol. The topological polar surface area (TPSA) is 166 Å². The summed E-state index contributed by atoms with van der Waals surface area (Å²) in [6, 6.07) is 0. The molecule has 8 rings (SSSR count). The second-order valence-electron chi connectivity index (χ2n) is 17.9. The van der Waals surface area contributed by atoms with Crippen molar-refractivity contribution in [1.29, 1.82) is 0 Å². The zero-order chi connectivity index (χ0) is 33.6. The van der Waals surface area contributed by atoms with Crippen LogP contribution in [0.2, 0.25) is 0 Å². The molecule has 46 heavy (non-hydrogen) atoms. The van der Waals surface area contributed by atoms with Crippen LogP contribution in [0.4, 0.5) is 0 Å². The largest absolute Gasteiger partial charge is 0.455 e. The SMILES string of the molecule is CC1(C)[C@@H](O[C@@H]2O[C@H](CO)[C@@H](O)[C@H](O)[C@H]2O)CC[C@]2(C)[C@H]3C[C@@H](O)C4=C5C6(CC[C@](C)(OC6=O)[C@@]5(C)O)CC[C@@]4(C)[C@]3(C)CC[C@@H]12. The Bertz CT molecular complexity index is 1330. The number of esters is 1. The van der Waals surface area contributed by atoms with Crippen LogP contribution in [-0.2, 0) is 19.0 Å². The summed E-state index contributed by atoms with van der Waals surface area (Å²) in [5.74, 6) is 0.161. The Morgan fingerprint density at radius 1 is 0.826 bits per heavy atom. The molecule has 260 valence electrons. The van der Waals surface area contributed by atoms with Crippen molar-refractivity contribution in [1.82, 2.24) is 0 Å². The van der Waals surface area contributed by atoms with Gasteiger partial charge in [-0.1, -0.05) is 34.6 Å². The van der Waals surface area contributed by atoms with Gasteiger partial charge in [-0.25, -0.2) is 0 Å². The lowest BCUT2D eigenvalue weighted by Gasteiger charge is -2.73. The molecule has 2 bridgehead atoms. The van der Waals surface area contributed by atoms with Crippen molar-refractivity contribution in [3.8, 4) is 0 Å². The average Bonchev–Trinajstić information content (AvgIpc) is 2.97. The van der Waals surface area contributed by atoms with Crippen molar-refractivity contribution in [3.05, 3.63) is 11.1 Å². The Hall–Kier alpha value is -1.11. The summed E-state index contributed by atoms with van der Waals surface area (Å²) in [5, 5.41) is 65.5. The van der Waals surface area contributed by atoms with E-state index in [4.69, 9.17) is 14.2 Å². The van der Waals surface area contributed by atoms with Crippen LogP contribution in [-0.4, -0.2) is 97.3 Å². The predicted molar refractivity (Wildman–Crippen MR) is 166 cm³/mol. The molecule has 6 N–H and O–H groups in total. The molecule has 15 atom stereocenters. The van der Waals surface area contributed by atoms with Crippen molar-refractivity contribution < 1.29 is 49.6 Å². The fraction of sp³-hybridized carbons (Fsp3) is 0.917. The highest BCUT2D eigenvalue weighted by molar-refractivity contribution is 5.86. The second kappa shape index (κ2) is 9.99. The van der Waals surface area contributed by atoms with Gasteiger partial charge in [0.25, 0.3) is 0 Å². The fourth-order valence-corrected chi connectivity index (χ4v) is 12.7. The summed E-state index contributed by atoms with van der Waals surface area (Å²) in [4.78, 5) is 13.6. The van der Waals surface area contributed by atoms with Gasteiger partial charge in [-0.15, -0.1) is 0 Å². The van der Waals surface area contributed by atoms with Gasteiger partial charge in [0, 0.05) is 0 Å². The number of fused-ring (bicyclic) bond motifs is 7. The van der Waals surface area contributed by atoms with Gasteiger partial charge >= 0.3 is 5.97 Å². The lowest BCUT2D eigenvalue weighted by molar-refractivity contribution is -0.330. The number of rotatable bonds is 3. The minimum Gasteiger partial charge on any atom is -0.455 e. The maximum atomic E-state index is 13.6. The van der Waals surface area contributed by atoms with E-state index in [0.29, 0.717) is 32.1 Å². The Kier molecular flexibility index (Phi) is 7.25. The van der Waals surface area contributed by atoms with Gasteiger partial charge in [0.1, 0.15) is 35.6 Å². The molecule has 0 amide bonds. The third-order valence-electron chi connectivity index (χ3n) is 15.8. The van der Waals surface area contributed by atoms with Gasteiger partial charge in [-0.05, 0) is 116 Å². The molecule has 10 heteroatoms. The molecule has 1 spiro atoms. The third-order valence-corrected chi connectivity index (χ3v) is 15.8.